The number of aliphatic hydroxyl groups is 3. The van der Waals surface area contributed by atoms with Crippen molar-refractivity contribution in [2.24, 2.45) is 71.0 Å². The maximum atomic E-state index is 10.5. The number of rotatable bonds is 30. The van der Waals surface area contributed by atoms with Gasteiger partial charge in [-0.25, -0.2) is 0 Å². The van der Waals surface area contributed by atoms with Gasteiger partial charge in [-0.2, -0.15) is 0 Å². The van der Waals surface area contributed by atoms with Crippen molar-refractivity contribution >= 4 is 5.69 Å². The van der Waals surface area contributed by atoms with Crippen LogP contribution < -0.4 is 19.7 Å². The highest BCUT2D eigenvalue weighted by Gasteiger charge is 2.34. The first-order valence-electron chi connectivity index (χ1n) is 41.8. The van der Waals surface area contributed by atoms with Gasteiger partial charge in [0.25, 0.3) is 0 Å². The number of β-amino-alcohol motifs (C(OH)–C–C–N with tert-alkyl or cyclic N) is 3. The lowest BCUT2D eigenvalue weighted by atomic mass is 9.71. The fourth-order valence-electron chi connectivity index (χ4n) is 17.8. The Morgan fingerprint density at radius 2 is 0.877 bits per heavy atom. The van der Waals surface area contributed by atoms with E-state index in [-0.39, 0.29) is 6.10 Å². The van der Waals surface area contributed by atoms with Gasteiger partial charge in [0.15, 0.2) is 0 Å². The summed E-state index contributed by atoms with van der Waals surface area (Å²) in [5, 5.41) is 34.9. The normalized spacial score (nSPS) is 26.1. The molecule has 106 heavy (non-hydrogen) atoms. The summed E-state index contributed by atoms with van der Waals surface area (Å²) < 4.78 is 35.0. The van der Waals surface area contributed by atoms with Crippen molar-refractivity contribution in [2.45, 2.75) is 216 Å². The molecule has 5 aromatic carbocycles. The molecule has 4 N–H and O–H groups in total. The number of hydrogen-bond donors (Lipinski definition) is 4. The molecule has 0 spiro atoms. The van der Waals surface area contributed by atoms with Crippen LogP contribution in [0.2, 0.25) is 0 Å². The average molecular weight is 1460 g/mol. The molecule has 4 aliphatic heterocycles. The molecular weight excluding hydrogens is 1320 g/mol. The van der Waals surface area contributed by atoms with Crippen LogP contribution in [0.1, 0.15) is 174 Å². The Balaban J connectivity index is 0.000000164. The Labute approximate surface area is 642 Å². The molecule has 0 amide bonds. The minimum Gasteiger partial charge on any atom is -0.497 e. The Hall–Kier alpha value is -4.94. The number of ether oxygens (including phenoxy) is 6. The van der Waals surface area contributed by atoms with Crippen molar-refractivity contribution in [3.8, 4) is 11.5 Å². The number of benzene rings is 5. The van der Waals surface area contributed by atoms with Crippen LogP contribution in [-0.4, -0.2) is 179 Å². The van der Waals surface area contributed by atoms with Crippen molar-refractivity contribution in [3.05, 3.63) is 161 Å². The van der Waals surface area contributed by atoms with Gasteiger partial charge in [-0.15, -0.1) is 0 Å². The third kappa shape index (κ3) is 28.4. The number of methoxy groups -OCH3 is 1. The predicted molar refractivity (Wildman–Crippen MR) is 435 cm³/mol. The second kappa shape index (κ2) is 44.8. The van der Waals surface area contributed by atoms with Gasteiger partial charge in [-0.3, -0.25) is 14.7 Å². The summed E-state index contributed by atoms with van der Waals surface area (Å²) >= 11 is 0. The van der Waals surface area contributed by atoms with E-state index < -0.39 is 12.2 Å². The molecular formula is C92H143N5O9. The lowest BCUT2D eigenvalue weighted by molar-refractivity contribution is -0.0726. The van der Waals surface area contributed by atoms with Crippen LogP contribution in [-0.2, 0) is 57.8 Å². The number of morpholine rings is 1. The van der Waals surface area contributed by atoms with Crippen LogP contribution in [0.5, 0.6) is 11.5 Å². The van der Waals surface area contributed by atoms with Crippen molar-refractivity contribution in [3.63, 3.8) is 0 Å². The first-order chi connectivity index (χ1) is 51.2. The zero-order valence-corrected chi connectivity index (χ0v) is 67.7. The number of aryl methyl sites for hydroxylation is 1. The number of anilines is 1. The van der Waals surface area contributed by atoms with Crippen molar-refractivity contribution in [1.82, 2.24) is 20.0 Å². The summed E-state index contributed by atoms with van der Waals surface area (Å²) in [5.74, 6) is 10.7. The number of hydrogen-bond acceptors (Lipinski definition) is 14. The predicted octanol–water partition coefficient (Wildman–Crippen LogP) is 16.1. The van der Waals surface area contributed by atoms with E-state index >= 15 is 0 Å². The second-order valence-corrected chi connectivity index (χ2v) is 34.4. The summed E-state index contributed by atoms with van der Waals surface area (Å²) in [6.45, 7) is 41.0. The molecule has 3 aliphatic carbocycles. The van der Waals surface area contributed by atoms with E-state index in [4.69, 9.17) is 28.4 Å². The maximum Gasteiger partial charge on any atom is 0.119 e. The third-order valence-corrected chi connectivity index (χ3v) is 24.9. The molecule has 15 unspecified atom stereocenters. The van der Waals surface area contributed by atoms with Crippen LogP contribution in [0, 0.1) is 71.0 Å². The van der Waals surface area contributed by atoms with E-state index in [0.717, 1.165) is 169 Å². The average Bonchev–Trinajstić information content (AvgIpc) is 0.818. The van der Waals surface area contributed by atoms with Crippen LogP contribution in [0.3, 0.4) is 0 Å². The molecule has 4 fully saturated rings. The molecule has 590 valence electrons. The fourth-order valence-corrected chi connectivity index (χ4v) is 17.8. The van der Waals surface area contributed by atoms with Crippen LogP contribution in [0.15, 0.2) is 127 Å². The molecule has 14 nitrogen and oxygen atoms in total. The SMILES string of the molecule is CC(C)C1CCC(C)C(COCC(O)CN2CCCc3ccccc32)C1.CC(C)C1CCC(C)C(COCC(O)CN2CCc3ccccc3C2)C1.CC1CN(CC(COCC2CC(C(C)C)CCC2C)NCc2ccccc2)CC(C)O1.COc1ccc(OCC(O)CN2CCc3ccccc3C2)cc1. The van der Waals surface area contributed by atoms with Gasteiger partial charge in [0.2, 0.25) is 0 Å². The van der Waals surface area contributed by atoms with E-state index in [1.54, 1.807) is 7.11 Å². The van der Waals surface area contributed by atoms with Gasteiger partial charge in [0.05, 0.1) is 51.3 Å². The Morgan fingerprint density at radius 1 is 0.443 bits per heavy atom. The van der Waals surface area contributed by atoms with E-state index in [0.29, 0.717) is 75.5 Å². The molecule has 14 heteroatoms. The molecule has 12 rings (SSSR count). The second-order valence-electron chi connectivity index (χ2n) is 34.4. The number of nitrogens with zero attached hydrogens (tertiary/aromatic N) is 4. The van der Waals surface area contributed by atoms with E-state index in [2.05, 4.69) is 204 Å². The largest absolute Gasteiger partial charge is 0.497 e. The van der Waals surface area contributed by atoms with Gasteiger partial charge >= 0.3 is 0 Å². The molecule has 15 atom stereocenters. The highest BCUT2D eigenvalue weighted by Crippen LogP contribution is 2.40. The highest BCUT2D eigenvalue weighted by molar-refractivity contribution is 5.55. The fraction of sp³-hybridized carbons (Fsp3) is 0.674. The molecule has 3 saturated carbocycles. The maximum absolute atomic E-state index is 10.5. The van der Waals surface area contributed by atoms with Crippen molar-refractivity contribution in [1.29, 1.82) is 0 Å². The number of aliphatic hydroxyl groups excluding tert-OH is 3. The zero-order valence-electron chi connectivity index (χ0n) is 67.7. The molecule has 1 saturated heterocycles. The number of nitrogens with one attached hydrogen (secondary N) is 1. The van der Waals surface area contributed by atoms with Gasteiger partial charge in [-0.1, -0.05) is 179 Å². The topological polar surface area (TPSA) is 141 Å². The lowest BCUT2D eigenvalue weighted by Gasteiger charge is -2.38. The number of para-hydroxylation sites is 1. The first-order valence-corrected chi connectivity index (χ1v) is 41.8. The highest BCUT2D eigenvalue weighted by atomic mass is 16.5. The van der Waals surface area contributed by atoms with Crippen LogP contribution >= 0.6 is 0 Å². The first kappa shape index (κ1) is 85.1. The van der Waals surface area contributed by atoms with Gasteiger partial charge in [0.1, 0.15) is 24.2 Å². The third-order valence-electron chi connectivity index (χ3n) is 24.9. The minimum atomic E-state index is -0.498. The van der Waals surface area contributed by atoms with Crippen molar-refractivity contribution < 1.29 is 43.7 Å². The summed E-state index contributed by atoms with van der Waals surface area (Å²) in [5.41, 5.74) is 9.68. The molecule has 0 bridgehead atoms. The van der Waals surface area contributed by atoms with Gasteiger partial charge in [0, 0.05) is 110 Å². The Kier molecular flexibility index (Phi) is 35.9. The standard InChI is InChI=1S/C27H46N2O2.2C23H37NO2.C19H23NO3/c1-20(2)25-12-11-21(3)26(13-25)18-30-19-27(28-14-24-9-7-6-8-10-24)17-29-15-22(4)31-23(5)16-29;1-17(2)20-11-10-18(3)21(13-20)15-26-16-22(25)14-24-12-6-8-19-7-4-5-9-23(19)24;1-17(2)20-9-8-18(3)22(12-20)15-26-16-23(25)14-24-11-10-19-6-4-5-7-21(19)13-24;1-22-18-6-8-19(9-7-18)23-14-17(21)13-20-11-10-15-4-2-3-5-16(15)12-20/h6-10,20-23,25-28H,11-19H2,1-5H3;4-5,7,9,17-18,20-22,25H,6,8,10-16H2,1-3H3;4-7,17-18,20,22-23,25H,8-16H2,1-3H3;2-9,17,21H,10-14H2,1H3. The smallest absolute Gasteiger partial charge is 0.119 e. The Bertz CT molecular complexity index is 3200. The molecule has 0 aromatic heterocycles. The lowest BCUT2D eigenvalue weighted by Crippen LogP contribution is -2.51. The quantitative estimate of drug-likeness (QED) is 0.0347. The Morgan fingerprint density at radius 3 is 1.37 bits per heavy atom. The van der Waals surface area contributed by atoms with Crippen LogP contribution in [0.4, 0.5) is 5.69 Å². The van der Waals surface area contributed by atoms with E-state index in [1.165, 1.54) is 103 Å². The zero-order chi connectivity index (χ0) is 75.3. The summed E-state index contributed by atoms with van der Waals surface area (Å²) in [6.07, 6.45) is 15.8. The van der Waals surface area contributed by atoms with Gasteiger partial charge < -0.3 is 54.0 Å². The van der Waals surface area contributed by atoms with E-state index in [1.807, 2.05) is 24.3 Å². The van der Waals surface area contributed by atoms with Crippen molar-refractivity contribution in [2.75, 3.05) is 117 Å². The number of fused-ring (bicyclic) bond motifs is 3. The van der Waals surface area contributed by atoms with Crippen LogP contribution in [0.25, 0.3) is 0 Å². The van der Waals surface area contributed by atoms with Gasteiger partial charge in [-0.05, 0) is 213 Å². The molecule has 7 aliphatic rings. The molecule has 0 radical (unpaired) electrons. The molecule has 5 aromatic rings. The summed E-state index contributed by atoms with van der Waals surface area (Å²) in [6, 6.07) is 44.2. The summed E-state index contributed by atoms with van der Waals surface area (Å²) in [7, 11) is 1.64. The van der Waals surface area contributed by atoms with E-state index in [9.17, 15) is 15.3 Å². The monoisotopic (exact) mass is 1460 g/mol. The molecule has 4 heterocycles. The summed E-state index contributed by atoms with van der Waals surface area (Å²) in [4.78, 5) is 9.51. The minimum absolute atomic E-state index is 0.296.